The highest BCUT2D eigenvalue weighted by atomic mass is 127. The van der Waals surface area contributed by atoms with Crippen LogP contribution in [0, 0.1) is 17.4 Å². The Morgan fingerprint density at radius 3 is 2.61 bits per heavy atom. The van der Waals surface area contributed by atoms with Gasteiger partial charge in [0.25, 0.3) is 0 Å². The van der Waals surface area contributed by atoms with Gasteiger partial charge in [0.15, 0.2) is 0 Å². The van der Waals surface area contributed by atoms with E-state index in [-0.39, 0.29) is 11.9 Å². The lowest BCUT2D eigenvalue weighted by molar-refractivity contribution is -0.116. The minimum atomic E-state index is 0.122. The first-order chi connectivity index (χ1) is 8.50. The molecule has 0 heterocycles. The van der Waals surface area contributed by atoms with E-state index in [0.717, 1.165) is 22.1 Å². The van der Waals surface area contributed by atoms with Crippen molar-refractivity contribution < 1.29 is 4.79 Å². The van der Waals surface area contributed by atoms with Crippen LogP contribution in [-0.2, 0) is 4.79 Å². The fourth-order valence-electron chi connectivity index (χ4n) is 2.60. The molecule has 0 fully saturated rings. The van der Waals surface area contributed by atoms with Gasteiger partial charge in [0, 0.05) is 10.5 Å². The zero-order valence-corrected chi connectivity index (χ0v) is 13.2. The van der Waals surface area contributed by atoms with Crippen LogP contribution in [0.2, 0.25) is 0 Å². The summed E-state index contributed by atoms with van der Waals surface area (Å²) in [6, 6.07) is 4.50. The number of anilines is 1. The van der Waals surface area contributed by atoms with Crippen molar-refractivity contribution in [2.75, 3.05) is 4.90 Å². The Morgan fingerprint density at radius 2 is 2.11 bits per heavy atom. The quantitative estimate of drug-likeness (QED) is 0.581. The molecule has 2 rings (SSSR count). The summed E-state index contributed by atoms with van der Waals surface area (Å²) in [6.07, 6.45) is 6.41. The molecular formula is C15H18INO. The van der Waals surface area contributed by atoms with Gasteiger partial charge in [-0.05, 0) is 66.5 Å². The van der Waals surface area contributed by atoms with Crippen molar-refractivity contribution in [2.45, 2.75) is 39.7 Å². The highest BCUT2D eigenvalue weighted by Crippen LogP contribution is 2.32. The first-order valence-corrected chi connectivity index (χ1v) is 7.32. The van der Waals surface area contributed by atoms with Crippen molar-refractivity contribution in [2.24, 2.45) is 0 Å². The molecule has 2 nitrogen and oxygen atoms in total. The topological polar surface area (TPSA) is 20.3 Å². The maximum atomic E-state index is 12.0. The van der Waals surface area contributed by atoms with E-state index in [0.29, 0.717) is 0 Å². The van der Waals surface area contributed by atoms with Crippen molar-refractivity contribution in [3.05, 3.63) is 39.0 Å². The number of benzene rings is 1. The molecule has 3 heteroatoms. The predicted molar refractivity (Wildman–Crippen MR) is 84.0 cm³/mol. The molecule has 0 aliphatic heterocycles. The van der Waals surface area contributed by atoms with Crippen LogP contribution in [0.1, 0.15) is 30.9 Å². The second-order valence-electron chi connectivity index (χ2n) is 4.87. The molecule has 1 amide bonds. The van der Waals surface area contributed by atoms with Crippen molar-refractivity contribution in [3.63, 3.8) is 0 Å². The molecule has 0 spiro atoms. The largest absolute Gasteiger partial charge is 0.304 e. The smallest absolute Gasteiger partial charge is 0.224 e. The van der Waals surface area contributed by atoms with Crippen LogP contribution in [0.4, 0.5) is 5.69 Å². The van der Waals surface area contributed by atoms with Crippen LogP contribution in [-0.4, -0.2) is 11.9 Å². The molecule has 1 aliphatic rings. The Hall–Kier alpha value is -0.840. The molecule has 1 aliphatic carbocycles. The van der Waals surface area contributed by atoms with E-state index in [1.165, 1.54) is 11.1 Å². The third-order valence-electron chi connectivity index (χ3n) is 3.30. The van der Waals surface area contributed by atoms with E-state index in [1.54, 1.807) is 6.92 Å². The molecule has 1 aromatic rings. The molecule has 96 valence electrons. The van der Waals surface area contributed by atoms with Gasteiger partial charge in [-0.15, -0.1) is 0 Å². The minimum Gasteiger partial charge on any atom is -0.304 e. The summed E-state index contributed by atoms with van der Waals surface area (Å²) >= 11 is 2.33. The zero-order chi connectivity index (χ0) is 13.3. The lowest BCUT2D eigenvalue weighted by Crippen LogP contribution is -2.37. The first-order valence-electron chi connectivity index (χ1n) is 6.24. The van der Waals surface area contributed by atoms with Crippen LogP contribution in [0.15, 0.2) is 24.3 Å². The Bertz CT molecular complexity index is 484. The van der Waals surface area contributed by atoms with E-state index in [4.69, 9.17) is 0 Å². The number of nitrogens with zero attached hydrogens (tertiary/aromatic N) is 1. The average Bonchev–Trinajstić information content (AvgIpc) is 2.75. The molecule has 0 bridgehead atoms. The van der Waals surface area contributed by atoms with Gasteiger partial charge in [-0.2, -0.15) is 0 Å². The standard InChI is InChI=1S/C15H18INO/c1-10-8-11(2)15(14(16)9-10)17(12(3)18)13-6-4-5-7-13/h4,6,8-9,13H,5,7H2,1-3H3. The second kappa shape index (κ2) is 5.43. The summed E-state index contributed by atoms with van der Waals surface area (Å²) in [4.78, 5) is 14.0. The fraction of sp³-hybridized carbons (Fsp3) is 0.400. The predicted octanol–water partition coefficient (Wildman–Crippen LogP) is 3.98. The fourth-order valence-corrected chi connectivity index (χ4v) is 3.78. The van der Waals surface area contributed by atoms with E-state index < -0.39 is 0 Å². The number of aryl methyl sites for hydroxylation is 2. The van der Waals surface area contributed by atoms with Crippen molar-refractivity contribution in [3.8, 4) is 0 Å². The summed E-state index contributed by atoms with van der Waals surface area (Å²) in [5, 5.41) is 0. The summed E-state index contributed by atoms with van der Waals surface area (Å²) in [5.41, 5.74) is 3.49. The van der Waals surface area contributed by atoms with Crippen molar-refractivity contribution in [1.82, 2.24) is 0 Å². The molecule has 18 heavy (non-hydrogen) atoms. The number of carbonyl (C=O) groups excluding carboxylic acids is 1. The van der Waals surface area contributed by atoms with E-state index >= 15 is 0 Å². The molecule has 1 unspecified atom stereocenters. The summed E-state index contributed by atoms with van der Waals surface area (Å²) in [7, 11) is 0. The Kier molecular flexibility index (Phi) is 4.10. The number of halogens is 1. The van der Waals surface area contributed by atoms with Gasteiger partial charge in [-0.3, -0.25) is 4.79 Å². The highest BCUT2D eigenvalue weighted by Gasteiger charge is 2.25. The van der Waals surface area contributed by atoms with Gasteiger partial charge in [-0.25, -0.2) is 0 Å². The Balaban J connectivity index is 2.49. The van der Waals surface area contributed by atoms with E-state index in [9.17, 15) is 4.79 Å². The van der Waals surface area contributed by atoms with Crippen LogP contribution in [0.3, 0.4) is 0 Å². The lowest BCUT2D eigenvalue weighted by Gasteiger charge is -2.29. The van der Waals surface area contributed by atoms with Gasteiger partial charge in [-0.1, -0.05) is 18.2 Å². The number of allylic oxidation sites excluding steroid dienone is 1. The molecule has 0 saturated heterocycles. The van der Waals surface area contributed by atoms with Gasteiger partial charge in [0.05, 0.1) is 11.7 Å². The molecule has 0 saturated carbocycles. The monoisotopic (exact) mass is 355 g/mol. The summed E-state index contributed by atoms with van der Waals surface area (Å²) < 4.78 is 1.15. The van der Waals surface area contributed by atoms with Crippen LogP contribution < -0.4 is 4.90 Å². The highest BCUT2D eigenvalue weighted by molar-refractivity contribution is 14.1. The molecule has 0 aromatic heterocycles. The maximum absolute atomic E-state index is 12.0. The number of amides is 1. The summed E-state index contributed by atoms with van der Waals surface area (Å²) in [5.74, 6) is 0.122. The Labute approximate surface area is 122 Å². The SMILES string of the molecule is CC(=O)N(c1c(C)cc(C)cc1I)C1C=CCC1. The number of rotatable bonds is 2. The lowest BCUT2D eigenvalue weighted by atomic mass is 10.1. The van der Waals surface area contributed by atoms with Gasteiger partial charge in [0.2, 0.25) is 5.91 Å². The van der Waals surface area contributed by atoms with Crippen molar-refractivity contribution in [1.29, 1.82) is 0 Å². The normalized spacial score (nSPS) is 18.1. The minimum absolute atomic E-state index is 0.122. The molecule has 0 radical (unpaired) electrons. The number of hydrogen-bond donors (Lipinski definition) is 0. The van der Waals surface area contributed by atoms with E-state index in [1.807, 2.05) is 4.90 Å². The van der Waals surface area contributed by atoms with E-state index in [2.05, 4.69) is 60.7 Å². The third kappa shape index (κ3) is 2.60. The molecular weight excluding hydrogens is 337 g/mol. The maximum Gasteiger partial charge on any atom is 0.224 e. The molecule has 1 atom stereocenters. The molecule has 1 aromatic carbocycles. The molecule has 0 N–H and O–H groups in total. The Morgan fingerprint density at radius 1 is 1.39 bits per heavy atom. The van der Waals surface area contributed by atoms with Crippen LogP contribution in [0.25, 0.3) is 0 Å². The first kappa shape index (κ1) is 13.6. The van der Waals surface area contributed by atoms with Gasteiger partial charge in [0.1, 0.15) is 0 Å². The number of carbonyl (C=O) groups is 1. The van der Waals surface area contributed by atoms with Crippen LogP contribution in [0.5, 0.6) is 0 Å². The van der Waals surface area contributed by atoms with Crippen molar-refractivity contribution >= 4 is 34.2 Å². The summed E-state index contributed by atoms with van der Waals surface area (Å²) in [6.45, 7) is 5.83. The zero-order valence-electron chi connectivity index (χ0n) is 11.0. The number of hydrogen-bond acceptors (Lipinski definition) is 1. The second-order valence-corrected chi connectivity index (χ2v) is 6.04. The van der Waals surface area contributed by atoms with Crippen LogP contribution >= 0.6 is 22.6 Å². The average molecular weight is 355 g/mol. The third-order valence-corrected chi connectivity index (χ3v) is 4.12. The van der Waals surface area contributed by atoms with Gasteiger partial charge < -0.3 is 4.90 Å². The van der Waals surface area contributed by atoms with Gasteiger partial charge >= 0.3 is 0 Å².